The predicted octanol–water partition coefficient (Wildman–Crippen LogP) is 4.77. The largest absolute Gasteiger partial charge is 0.491 e. The minimum absolute atomic E-state index is 0.0913. The van der Waals surface area contributed by atoms with Crippen LogP contribution in [0.25, 0.3) is 0 Å². The molecule has 1 aliphatic heterocycles. The summed E-state index contributed by atoms with van der Waals surface area (Å²) in [6.07, 6.45) is 1.04. The maximum atomic E-state index is 12.1. The molecule has 0 spiro atoms. The fraction of sp³-hybridized carbons (Fsp3) is 0.381. The Labute approximate surface area is 149 Å². The van der Waals surface area contributed by atoms with Crippen molar-refractivity contribution in [1.29, 1.82) is 0 Å². The van der Waals surface area contributed by atoms with Crippen molar-refractivity contribution >= 4 is 17.3 Å². The van der Waals surface area contributed by atoms with Crippen molar-refractivity contribution in [2.75, 3.05) is 10.2 Å². The van der Waals surface area contributed by atoms with Gasteiger partial charge in [-0.1, -0.05) is 18.2 Å². The van der Waals surface area contributed by atoms with Gasteiger partial charge in [0.25, 0.3) is 0 Å². The summed E-state index contributed by atoms with van der Waals surface area (Å²) in [6.45, 7) is 7.78. The zero-order valence-corrected chi connectivity index (χ0v) is 15.3. The monoisotopic (exact) mass is 338 g/mol. The topological polar surface area (TPSA) is 41.6 Å². The van der Waals surface area contributed by atoms with E-state index in [1.807, 2.05) is 61.2 Å². The number of hydrogen-bond acceptors (Lipinski definition) is 3. The first-order valence-corrected chi connectivity index (χ1v) is 8.87. The van der Waals surface area contributed by atoms with Crippen molar-refractivity contribution in [3.8, 4) is 5.75 Å². The highest BCUT2D eigenvalue weighted by molar-refractivity contribution is 5.93. The number of benzene rings is 2. The highest BCUT2D eigenvalue weighted by atomic mass is 16.5. The molecule has 2 aromatic carbocycles. The Morgan fingerprint density at radius 2 is 1.84 bits per heavy atom. The van der Waals surface area contributed by atoms with Crippen LogP contribution in [0.15, 0.2) is 48.5 Å². The van der Waals surface area contributed by atoms with Crippen molar-refractivity contribution in [1.82, 2.24) is 0 Å². The molecule has 4 heteroatoms. The third kappa shape index (κ3) is 3.78. The van der Waals surface area contributed by atoms with Gasteiger partial charge in [-0.3, -0.25) is 4.79 Å². The van der Waals surface area contributed by atoms with Gasteiger partial charge in [0.15, 0.2) is 0 Å². The Bertz CT molecular complexity index is 740. The summed E-state index contributed by atoms with van der Waals surface area (Å²) < 4.78 is 5.70. The lowest BCUT2D eigenvalue weighted by molar-refractivity contribution is -0.117. The van der Waals surface area contributed by atoms with E-state index in [-0.39, 0.29) is 24.1 Å². The second-order valence-corrected chi connectivity index (χ2v) is 6.92. The van der Waals surface area contributed by atoms with Gasteiger partial charge in [-0.05, 0) is 63.1 Å². The summed E-state index contributed by atoms with van der Waals surface area (Å²) in [5.41, 5.74) is 3.23. The van der Waals surface area contributed by atoms with Crippen LogP contribution in [-0.2, 0) is 4.79 Å². The Morgan fingerprint density at radius 3 is 2.48 bits per heavy atom. The van der Waals surface area contributed by atoms with Gasteiger partial charge in [0.1, 0.15) is 5.75 Å². The summed E-state index contributed by atoms with van der Waals surface area (Å²) in [5, 5.41) is 3.61. The van der Waals surface area contributed by atoms with Gasteiger partial charge in [0, 0.05) is 24.3 Å². The average molecular weight is 338 g/mol. The van der Waals surface area contributed by atoms with Crippen molar-refractivity contribution in [3.05, 3.63) is 54.1 Å². The van der Waals surface area contributed by atoms with Gasteiger partial charge >= 0.3 is 0 Å². The molecule has 25 heavy (non-hydrogen) atoms. The van der Waals surface area contributed by atoms with Crippen molar-refractivity contribution in [2.24, 2.45) is 0 Å². The molecule has 2 atom stereocenters. The third-order valence-corrected chi connectivity index (χ3v) is 4.50. The quantitative estimate of drug-likeness (QED) is 0.873. The van der Waals surface area contributed by atoms with Crippen LogP contribution < -0.4 is 15.0 Å². The zero-order valence-electron chi connectivity index (χ0n) is 15.3. The van der Waals surface area contributed by atoms with E-state index in [0.29, 0.717) is 0 Å². The molecule has 1 amide bonds. The van der Waals surface area contributed by atoms with E-state index in [1.165, 1.54) is 5.56 Å². The second kappa shape index (κ2) is 7.18. The molecule has 1 heterocycles. The fourth-order valence-corrected chi connectivity index (χ4v) is 3.53. The highest BCUT2D eigenvalue weighted by Gasteiger charge is 2.31. The van der Waals surface area contributed by atoms with E-state index in [4.69, 9.17) is 4.74 Å². The second-order valence-electron chi connectivity index (χ2n) is 6.92. The van der Waals surface area contributed by atoms with Gasteiger partial charge in [-0.15, -0.1) is 0 Å². The van der Waals surface area contributed by atoms with E-state index in [1.54, 1.807) is 6.92 Å². The normalized spacial score (nSPS) is 19.5. The lowest BCUT2D eigenvalue weighted by atomic mass is 9.91. The van der Waals surface area contributed by atoms with Gasteiger partial charge in [-0.25, -0.2) is 0 Å². The van der Waals surface area contributed by atoms with Gasteiger partial charge in [0.05, 0.1) is 12.1 Å². The smallest absolute Gasteiger partial charge is 0.224 e. The molecular formula is C21H26N2O2. The van der Waals surface area contributed by atoms with Crippen LogP contribution in [0.5, 0.6) is 5.75 Å². The maximum Gasteiger partial charge on any atom is 0.224 e. The number of carbonyl (C=O) groups is 1. The molecular weight excluding hydrogens is 312 g/mol. The SMILES string of the molecule is CC(=O)N1c2ccccc2[C@@H](Nc2ccc(OC(C)C)cc2)C[C@H]1C. The molecule has 0 aromatic heterocycles. The average Bonchev–Trinajstić information content (AvgIpc) is 2.56. The Morgan fingerprint density at radius 1 is 1.16 bits per heavy atom. The molecule has 3 rings (SSSR count). The summed E-state index contributed by atoms with van der Waals surface area (Å²) in [6, 6.07) is 16.6. The van der Waals surface area contributed by atoms with Crippen LogP contribution in [0.2, 0.25) is 0 Å². The lowest BCUT2D eigenvalue weighted by Gasteiger charge is -2.39. The molecule has 2 aromatic rings. The highest BCUT2D eigenvalue weighted by Crippen LogP contribution is 2.38. The van der Waals surface area contributed by atoms with Crippen LogP contribution in [0.3, 0.4) is 0 Å². The molecule has 0 aliphatic carbocycles. The standard InChI is InChI=1S/C21H26N2O2/c1-14(2)25-18-11-9-17(10-12-18)22-20-13-15(3)23(16(4)24)21-8-6-5-7-19(20)21/h5-12,14-15,20,22H,13H2,1-4H3/t15-,20+/m1/s1. The molecule has 0 radical (unpaired) electrons. The first-order valence-electron chi connectivity index (χ1n) is 8.87. The van der Waals surface area contributed by atoms with Crippen LogP contribution >= 0.6 is 0 Å². The van der Waals surface area contributed by atoms with Gasteiger partial charge < -0.3 is 15.0 Å². The first kappa shape index (κ1) is 17.3. The van der Waals surface area contributed by atoms with Crippen LogP contribution in [0.1, 0.15) is 45.7 Å². The molecule has 0 saturated heterocycles. The molecule has 0 unspecified atom stereocenters. The minimum atomic E-state index is 0.0913. The van der Waals surface area contributed by atoms with Gasteiger partial charge in [-0.2, -0.15) is 0 Å². The van der Waals surface area contributed by atoms with Crippen molar-refractivity contribution in [2.45, 2.75) is 52.3 Å². The number of para-hydroxylation sites is 1. The molecule has 1 N–H and O–H groups in total. The number of anilines is 2. The van der Waals surface area contributed by atoms with E-state index < -0.39 is 0 Å². The van der Waals surface area contributed by atoms with Crippen molar-refractivity contribution < 1.29 is 9.53 Å². The number of nitrogens with zero attached hydrogens (tertiary/aromatic N) is 1. The van der Waals surface area contributed by atoms with E-state index >= 15 is 0 Å². The number of amides is 1. The van der Waals surface area contributed by atoms with Gasteiger partial charge in [0.2, 0.25) is 5.91 Å². The van der Waals surface area contributed by atoms with Crippen molar-refractivity contribution in [3.63, 3.8) is 0 Å². The molecule has 132 valence electrons. The Kier molecular flexibility index (Phi) is 4.98. The Hall–Kier alpha value is -2.49. The van der Waals surface area contributed by atoms with E-state index in [0.717, 1.165) is 23.5 Å². The van der Waals surface area contributed by atoms with Crippen LogP contribution in [0, 0.1) is 0 Å². The lowest BCUT2D eigenvalue weighted by Crippen LogP contribution is -2.43. The van der Waals surface area contributed by atoms with Crippen LogP contribution in [-0.4, -0.2) is 18.1 Å². The number of rotatable bonds is 4. The summed E-state index contributed by atoms with van der Waals surface area (Å²) in [4.78, 5) is 13.9. The number of ether oxygens (including phenoxy) is 1. The number of fused-ring (bicyclic) bond motifs is 1. The fourth-order valence-electron chi connectivity index (χ4n) is 3.53. The number of hydrogen-bond donors (Lipinski definition) is 1. The summed E-state index contributed by atoms with van der Waals surface area (Å²) in [7, 11) is 0. The van der Waals surface area contributed by atoms with E-state index in [9.17, 15) is 4.79 Å². The molecule has 0 bridgehead atoms. The summed E-state index contributed by atoms with van der Waals surface area (Å²) >= 11 is 0. The summed E-state index contributed by atoms with van der Waals surface area (Å²) in [5.74, 6) is 0.967. The third-order valence-electron chi connectivity index (χ3n) is 4.50. The van der Waals surface area contributed by atoms with E-state index in [2.05, 4.69) is 18.3 Å². The maximum absolute atomic E-state index is 12.1. The number of nitrogens with one attached hydrogen (secondary N) is 1. The molecule has 0 saturated carbocycles. The Balaban J connectivity index is 1.83. The molecule has 0 fully saturated rings. The van der Waals surface area contributed by atoms with Crippen LogP contribution in [0.4, 0.5) is 11.4 Å². The number of carbonyl (C=O) groups excluding carboxylic acids is 1. The minimum Gasteiger partial charge on any atom is -0.491 e. The molecule has 4 nitrogen and oxygen atoms in total. The first-order chi connectivity index (χ1) is 12.0. The molecule has 1 aliphatic rings. The zero-order chi connectivity index (χ0) is 18.0. The predicted molar refractivity (Wildman–Crippen MR) is 102 cm³/mol.